The van der Waals surface area contributed by atoms with Crippen LogP contribution in [0, 0.1) is 0 Å². The molecule has 0 spiro atoms. The van der Waals surface area contributed by atoms with Gasteiger partial charge in [-0.3, -0.25) is 10.2 Å². The van der Waals surface area contributed by atoms with E-state index in [0.29, 0.717) is 13.1 Å². The van der Waals surface area contributed by atoms with Gasteiger partial charge < -0.3 is 4.74 Å². The third-order valence-corrected chi connectivity index (χ3v) is 1.84. The topological polar surface area (TPSA) is 58.6 Å². The van der Waals surface area contributed by atoms with Crippen molar-refractivity contribution in [2.75, 3.05) is 13.1 Å². The zero-order valence-electron chi connectivity index (χ0n) is 10.2. The first-order valence-electron chi connectivity index (χ1n) is 5.21. The van der Waals surface area contributed by atoms with Crippen LogP contribution < -0.4 is 5.43 Å². The second kappa shape index (κ2) is 4.65. The number of nitrogens with zero attached hydrogens (tertiary/aromatic N) is 1. The molecule has 1 rings (SSSR count). The van der Waals surface area contributed by atoms with Crippen LogP contribution in [0.5, 0.6) is 0 Å². The molecular formula is C11H18N2O3. The molecule has 1 heterocycles. The van der Waals surface area contributed by atoms with E-state index in [0.717, 1.165) is 5.57 Å². The second-order valence-electron chi connectivity index (χ2n) is 4.88. The molecule has 0 bridgehead atoms. The number of hydrogen-bond donors (Lipinski definition) is 1. The van der Waals surface area contributed by atoms with E-state index in [-0.39, 0.29) is 5.78 Å². The quantitative estimate of drug-likeness (QED) is 0.720. The Balaban J connectivity index is 2.28. The molecule has 1 N–H and O–H groups in total. The van der Waals surface area contributed by atoms with Crippen molar-refractivity contribution in [2.24, 2.45) is 0 Å². The highest BCUT2D eigenvalue weighted by Gasteiger charge is 2.24. The SMILES string of the molecule is CC(=O)C=C1CN(NC(=O)OC(C)(C)C)C1. The van der Waals surface area contributed by atoms with Crippen molar-refractivity contribution in [1.82, 2.24) is 10.4 Å². The van der Waals surface area contributed by atoms with Gasteiger partial charge >= 0.3 is 6.09 Å². The van der Waals surface area contributed by atoms with Gasteiger partial charge in [0.2, 0.25) is 0 Å². The molecule has 1 amide bonds. The first kappa shape index (κ1) is 12.7. The summed E-state index contributed by atoms with van der Waals surface area (Å²) in [5.41, 5.74) is 3.12. The van der Waals surface area contributed by atoms with Gasteiger partial charge in [0.05, 0.1) is 0 Å². The molecule has 90 valence electrons. The number of amides is 1. The number of allylic oxidation sites excluding steroid dienone is 1. The third kappa shape index (κ3) is 4.44. The lowest BCUT2D eigenvalue weighted by Crippen LogP contribution is -2.53. The van der Waals surface area contributed by atoms with Crippen molar-refractivity contribution in [3.05, 3.63) is 11.6 Å². The van der Waals surface area contributed by atoms with E-state index in [1.807, 2.05) is 20.8 Å². The molecule has 5 nitrogen and oxygen atoms in total. The zero-order valence-corrected chi connectivity index (χ0v) is 10.2. The lowest BCUT2D eigenvalue weighted by atomic mass is 10.1. The van der Waals surface area contributed by atoms with Gasteiger partial charge in [-0.25, -0.2) is 9.80 Å². The highest BCUT2D eigenvalue weighted by Crippen LogP contribution is 2.12. The molecule has 0 radical (unpaired) electrons. The highest BCUT2D eigenvalue weighted by atomic mass is 16.6. The molecule has 0 unspecified atom stereocenters. The number of carbonyl (C=O) groups excluding carboxylic acids is 2. The van der Waals surface area contributed by atoms with Gasteiger partial charge in [-0.15, -0.1) is 0 Å². The standard InChI is InChI=1S/C11H18N2O3/c1-8(14)5-9-6-13(7-9)12-10(15)16-11(2,3)4/h5H,6-7H2,1-4H3,(H,12,15). The van der Waals surface area contributed by atoms with Crippen molar-refractivity contribution in [3.63, 3.8) is 0 Å². The van der Waals surface area contributed by atoms with Gasteiger partial charge in [-0.2, -0.15) is 0 Å². The summed E-state index contributed by atoms with van der Waals surface area (Å²) in [6.07, 6.45) is 1.13. The highest BCUT2D eigenvalue weighted by molar-refractivity contribution is 5.88. The Labute approximate surface area is 95.4 Å². The monoisotopic (exact) mass is 226 g/mol. The number of ether oxygens (including phenoxy) is 1. The van der Waals surface area contributed by atoms with Gasteiger partial charge in [-0.1, -0.05) is 0 Å². The summed E-state index contributed by atoms with van der Waals surface area (Å²) >= 11 is 0. The van der Waals surface area contributed by atoms with Crippen LogP contribution in [0.1, 0.15) is 27.7 Å². The Hall–Kier alpha value is -1.36. The fourth-order valence-electron chi connectivity index (χ4n) is 1.33. The summed E-state index contributed by atoms with van der Waals surface area (Å²) in [4.78, 5) is 22.1. The summed E-state index contributed by atoms with van der Waals surface area (Å²) in [6.45, 7) is 8.10. The van der Waals surface area contributed by atoms with E-state index in [1.165, 1.54) is 6.92 Å². The summed E-state index contributed by atoms with van der Waals surface area (Å²) < 4.78 is 5.08. The average molecular weight is 226 g/mol. The minimum Gasteiger partial charge on any atom is -0.443 e. The lowest BCUT2D eigenvalue weighted by molar-refractivity contribution is -0.112. The summed E-state index contributed by atoms with van der Waals surface area (Å²) in [5, 5.41) is 1.70. The van der Waals surface area contributed by atoms with E-state index in [2.05, 4.69) is 5.43 Å². The third-order valence-electron chi connectivity index (χ3n) is 1.84. The van der Waals surface area contributed by atoms with Crippen LogP contribution in [0.3, 0.4) is 0 Å². The van der Waals surface area contributed by atoms with Crippen LogP contribution in [-0.2, 0) is 9.53 Å². The number of carbonyl (C=O) groups is 2. The van der Waals surface area contributed by atoms with E-state index in [9.17, 15) is 9.59 Å². The maximum Gasteiger partial charge on any atom is 0.422 e. The lowest BCUT2D eigenvalue weighted by Gasteiger charge is -2.34. The Kier molecular flexibility index (Phi) is 3.70. The number of rotatable bonds is 2. The van der Waals surface area contributed by atoms with Crippen LogP contribution >= 0.6 is 0 Å². The molecule has 0 saturated carbocycles. The molecule has 1 aliphatic heterocycles. The van der Waals surface area contributed by atoms with Crippen LogP contribution in [0.2, 0.25) is 0 Å². The summed E-state index contributed by atoms with van der Waals surface area (Å²) in [5.74, 6) is 0.0342. The Morgan fingerprint density at radius 3 is 2.38 bits per heavy atom. The van der Waals surface area contributed by atoms with Crippen molar-refractivity contribution in [1.29, 1.82) is 0 Å². The number of nitrogens with one attached hydrogen (secondary N) is 1. The number of hydrazine groups is 1. The van der Waals surface area contributed by atoms with Crippen LogP contribution in [-0.4, -0.2) is 35.6 Å². The molecular weight excluding hydrogens is 208 g/mol. The molecule has 0 atom stereocenters. The molecule has 0 aromatic rings. The van der Waals surface area contributed by atoms with Gasteiger partial charge in [-0.05, 0) is 39.3 Å². The van der Waals surface area contributed by atoms with Crippen molar-refractivity contribution >= 4 is 11.9 Å². The van der Waals surface area contributed by atoms with Crippen LogP contribution in [0.15, 0.2) is 11.6 Å². The zero-order chi connectivity index (χ0) is 12.3. The number of hydrogen-bond acceptors (Lipinski definition) is 4. The molecule has 0 aliphatic carbocycles. The number of ketones is 1. The minimum absolute atomic E-state index is 0.0342. The van der Waals surface area contributed by atoms with E-state index >= 15 is 0 Å². The largest absolute Gasteiger partial charge is 0.443 e. The summed E-state index contributed by atoms with van der Waals surface area (Å²) in [6, 6.07) is 0. The van der Waals surface area contributed by atoms with Crippen molar-refractivity contribution in [2.45, 2.75) is 33.3 Å². The van der Waals surface area contributed by atoms with Crippen molar-refractivity contribution < 1.29 is 14.3 Å². The average Bonchev–Trinajstić information content (AvgIpc) is 1.95. The Morgan fingerprint density at radius 1 is 1.38 bits per heavy atom. The molecule has 16 heavy (non-hydrogen) atoms. The fourth-order valence-corrected chi connectivity index (χ4v) is 1.33. The first-order chi connectivity index (χ1) is 7.26. The fraction of sp³-hybridized carbons (Fsp3) is 0.636. The molecule has 0 aromatic heterocycles. The normalized spacial score (nSPS) is 16.4. The second-order valence-corrected chi connectivity index (χ2v) is 4.88. The molecule has 1 aliphatic rings. The molecule has 5 heteroatoms. The predicted molar refractivity (Wildman–Crippen MR) is 59.7 cm³/mol. The van der Waals surface area contributed by atoms with E-state index in [4.69, 9.17) is 4.74 Å². The Bertz CT molecular complexity index is 321. The van der Waals surface area contributed by atoms with Crippen LogP contribution in [0.4, 0.5) is 4.79 Å². The predicted octanol–water partition coefficient (Wildman–Crippen LogP) is 1.26. The molecule has 1 saturated heterocycles. The van der Waals surface area contributed by atoms with E-state index in [1.54, 1.807) is 11.1 Å². The van der Waals surface area contributed by atoms with Gasteiger partial charge in [0, 0.05) is 13.1 Å². The molecule has 0 aromatic carbocycles. The summed E-state index contributed by atoms with van der Waals surface area (Å²) in [7, 11) is 0. The Morgan fingerprint density at radius 2 is 1.94 bits per heavy atom. The molecule has 1 fully saturated rings. The maximum absolute atomic E-state index is 11.3. The van der Waals surface area contributed by atoms with E-state index < -0.39 is 11.7 Å². The smallest absolute Gasteiger partial charge is 0.422 e. The minimum atomic E-state index is -0.493. The van der Waals surface area contributed by atoms with Gasteiger partial charge in [0.1, 0.15) is 5.60 Å². The van der Waals surface area contributed by atoms with Crippen molar-refractivity contribution in [3.8, 4) is 0 Å². The maximum atomic E-state index is 11.3. The van der Waals surface area contributed by atoms with Crippen LogP contribution in [0.25, 0.3) is 0 Å². The van der Waals surface area contributed by atoms with Gasteiger partial charge in [0.25, 0.3) is 0 Å². The first-order valence-corrected chi connectivity index (χ1v) is 5.21. The van der Waals surface area contributed by atoms with Gasteiger partial charge in [0.15, 0.2) is 5.78 Å².